The van der Waals surface area contributed by atoms with Crippen molar-refractivity contribution < 1.29 is 14.6 Å². The Kier molecular flexibility index (Phi) is 5.86. The van der Waals surface area contributed by atoms with Crippen molar-refractivity contribution in [3.05, 3.63) is 48.3 Å². The van der Waals surface area contributed by atoms with Gasteiger partial charge in [0, 0.05) is 0 Å². The summed E-state index contributed by atoms with van der Waals surface area (Å²) in [6.45, 7) is 10.5. The predicted octanol–water partition coefficient (Wildman–Crippen LogP) is 2.68. The van der Waals surface area contributed by atoms with Crippen LogP contribution in [0.2, 0.25) is 0 Å². The first-order valence-electron chi connectivity index (χ1n) is 4.50. The largest absolute Gasteiger partial charge is 0.481 e. The van der Waals surface area contributed by atoms with E-state index < -0.39 is 5.97 Å². The van der Waals surface area contributed by atoms with E-state index in [0.717, 1.165) is 11.1 Å². The number of carboxylic acids is 1. The third-order valence-electron chi connectivity index (χ3n) is 1.73. The monoisotopic (exact) mass is 208 g/mol. The van der Waals surface area contributed by atoms with E-state index in [4.69, 9.17) is 9.84 Å². The van der Waals surface area contributed by atoms with Crippen LogP contribution in [-0.4, -0.2) is 17.7 Å². The number of rotatable bonds is 6. The molecule has 0 aliphatic heterocycles. The van der Waals surface area contributed by atoms with Crippen LogP contribution in [0.5, 0.6) is 0 Å². The van der Waals surface area contributed by atoms with Gasteiger partial charge in [-0.15, -0.1) is 0 Å². The van der Waals surface area contributed by atoms with Gasteiger partial charge in [0.25, 0.3) is 0 Å². The molecule has 0 rings (SSSR count). The molecule has 0 radical (unpaired) electrons. The highest BCUT2D eigenvalue weighted by Gasteiger charge is 2.06. The highest BCUT2D eigenvalue weighted by Crippen LogP contribution is 2.16. The van der Waals surface area contributed by atoms with Crippen LogP contribution < -0.4 is 0 Å². The molecule has 0 atom stereocenters. The number of carboxylic acid groups (broad SMARTS) is 1. The summed E-state index contributed by atoms with van der Waals surface area (Å²) in [6.07, 6.45) is 5.00. The van der Waals surface area contributed by atoms with Crippen LogP contribution in [0.4, 0.5) is 0 Å². The second-order valence-corrected chi connectivity index (χ2v) is 2.98. The molecule has 0 aliphatic rings. The van der Waals surface area contributed by atoms with Gasteiger partial charge in [0.05, 0.1) is 0 Å². The molecular weight excluding hydrogens is 192 g/mol. The molecule has 82 valence electrons. The van der Waals surface area contributed by atoms with Crippen molar-refractivity contribution in [2.45, 2.75) is 13.8 Å². The predicted molar refractivity (Wildman–Crippen MR) is 60.4 cm³/mol. The molecule has 1 N–H and O–H groups in total. The van der Waals surface area contributed by atoms with Crippen molar-refractivity contribution in [1.82, 2.24) is 0 Å². The number of allylic oxidation sites excluding steroid dienone is 5. The maximum atomic E-state index is 10.4. The van der Waals surface area contributed by atoms with Crippen molar-refractivity contribution in [2.24, 2.45) is 0 Å². The molecule has 15 heavy (non-hydrogen) atoms. The van der Waals surface area contributed by atoms with Gasteiger partial charge in [0.2, 0.25) is 0 Å². The maximum Gasteiger partial charge on any atom is 0.341 e. The van der Waals surface area contributed by atoms with Gasteiger partial charge in [-0.05, 0) is 25.0 Å². The van der Waals surface area contributed by atoms with Crippen LogP contribution in [0.3, 0.4) is 0 Å². The van der Waals surface area contributed by atoms with Crippen LogP contribution >= 0.6 is 0 Å². The van der Waals surface area contributed by atoms with Crippen LogP contribution in [0, 0.1) is 0 Å². The van der Waals surface area contributed by atoms with E-state index in [2.05, 4.69) is 13.2 Å². The van der Waals surface area contributed by atoms with Crippen molar-refractivity contribution in [1.29, 1.82) is 0 Å². The highest BCUT2D eigenvalue weighted by molar-refractivity contribution is 5.68. The van der Waals surface area contributed by atoms with Crippen LogP contribution in [0.1, 0.15) is 13.8 Å². The zero-order valence-corrected chi connectivity index (χ0v) is 9.12. The standard InChI is InChI=1S/C12H16O3/c1-5-7-10(4)12(9(3)6-2)15-8-11(13)14/h5-7H,1-2,8H2,3-4H3,(H,13,14)/b10-7-,12-9+. The summed E-state index contributed by atoms with van der Waals surface area (Å²) in [6, 6.07) is 0. The minimum Gasteiger partial charge on any atom is -0.481 e. The lowest BCUT2D eigenvalue weighted by molar-refractivity contribution is -0.140. The van der Waals surface area contributed by atoms with E-state index in [0.29, 0.717) is 5.76 Å². The molecule has 0 saturated heterocycles. The Morgan fingerprint density at radius 2 is 2.00 bits per heavy atom. The number of hydrogen-bond acceptors (Lipinski definition) is 2. The average Bonchev–Trinajstić information content (AvgIpc) is 2.17. The minimum absolute atomic E-state index is 0.358. The summed E-state index contributed by atoms with van der Waals surface area (Å²) in [5.74, 6) is -0.469. The summed E-state index contributed by atoms with van der Waals surface area (Å²) >= 11 is 0. The van der Waals surface area contributed by atoms with Gasteiger partial charge in [-0.25, -0.2) is 4.79 Å². The quantitative estimate of drug-likeness (QED) is 0.539. The lowest BCUT2D eigenvalue weighted by Crippen LogP contribution is -2.08. The Morgan fingerprint density at radius 3 is 2.40 bits per heavy atom. The van der Waals surface area contributed by atoms with Crippen molar-refractivity contribution in [3.63, 3.8) is 0 Å². The number of hydrogen-bond donors (Lipinski definition) is 1. The first-order valence-corrected chi connectivity index (χ1v) is 4.50. The zero-order valence-electron chi connectivity index (χ0n) is 9.12. The fourth-order valence-electron chi connectivity index (χ4n) is 1.02. The highest BCUT2D eigenvalue weighted by atomic mass is 16.5. The topological polar surface area (TPSA) is 46.5 Å². The smallest absolute Gasteiger partial charge is 0.341 e. The molecule has 0 unspecified atom stereocenters. The minimum atomic E-state index is -1.00. The van der Waals surface area contributed by atoms with Crippen molar-refractivity contribution >= 4 is 5.97 Å². The lowest BCUT2D eigenvalue weighted by atomic mass is 10.1. The SMILES string of the molecule is C=C/C=C(C)\C(OCC(=O)O)=C(\C)C=C. The Hall–Kier alpha value is -1.77. The number of ether oxygens (including phenoxy) is 1. The van der Waals surface area contributed by atoms with Crippen LogP contribution in [0.25, 0.3) is 0 Å². The Bertz CT molecular complexity index is 322. The molecule has 0 aromatic carbocycles. The summed E-state index contributed by atoms with van der Waals surface area (Å²) in [5.41, 5.74) is 1.62. The fourth-order valence-corrected chi connectivity index (χ4v) is 1.02. The fraction of sp³-hybridized carbons (Fsp3) is 0.250. The van der Waals surface area contributed by atoms with Crippen molar-refractivity contribution in [2.75, 3.05) is 6.61 Å². The summed E-state index contributed by atoms with van der Waals surface area (Å²) in [5, 5.41) is 8.52. The molecule has 0 aromatic heterocycles. The third kappa shape index (κ3) is 4.86. The number of carbonyl (C=O) groups is 1. The molecule has 0 aromatic rings. The molecule has 0 heterocycles. The van der Waals surface area contributed by atoms with Gasteiger partial charge in [0.1, 0.15) is 5.76 Å². The van der Waals surface area contributed by atoms with Crippen molar-refractivity contribution in [3.8, 4) is 0 Å². The van der Waals surface area contributed by atoms with E-state index in [1.807, 2.05) is 13.8 Å². The van der Waals surface area contributed by atoms with Crippen LogP contribution in [0.15, 0.2) is 48.3 Å². The molecule has 0 amide bonds. The third-order valence-corrected chi connectivity index (χ3v) is 1.73. The molecule has 3 heteroatoms. The average molecular weight is 208 g/mol. The van der Waals surface area contributed by atoms with Gasteiger partial charge in [-0.1, -0.05) is 31.4 Å². The molecule has 3 nitrogen and oxygen atoms in total. The van der Waals surface area contributed by atoms with E-state index in [1.165, 1.54) is 0 Å². The normalized spacial score (nSPS) is 12.8. The maximum absolute atomic E-state index is 10.4. The zero-order chi connectivity index (χ0) is 11.8. The molecule has 0 fully saturated rings. The Labute approximate surface area is 90.1 Å². The van der Waals surface area contributed by atoms with E-state index in [1.54, 1.807) is 18.2 Å². The second kappa shape index (κ2) is 6.65. The van der Waals surface area contributed by atoms with Gasteiger partial charge < -0.3 is 9.84 Å². The molecule has 0 aliphatic carbocycles. The van der Waals surface area contributed by atoms with E-state index in [9.17, 15) is 4.79 Å². The van der Waals surface area contributed by atoms with E-state index in [-0.39, 0.29) is 6.61 Å². The summed E-state index contributed by atoms with van der Waals surface area (Å²) < 4.78 is 5.16. The Morgan fingerprint density at radius 1 is 1.40 bits per heavy atom. The summed E-state index contributed by atoms with van der Waals surface area (Å²) in [7, 11) is 0. The van der Waals surface area contributed by atoms with Crippen LogP contribution in [-0.2, 0) is 9.53 Å². The van der Waals surface area contributed by atoms with Gasteiger partial charge in [-0.3, -0.25) is 0 Å². The second-order valence-electron chi connectivity index (χ2n) is 2.98. The summed E-state index contributed by atoms with van der Waals surface area (Å²) in [4.78, 5) is 10.4. The first-order chi connectivity index (χ1) is 7.02. The lowest BCUT2D eigenvalue weighted by Gasteiger charge is -2.11. The Balaban J connectivity index is 4.91. The van der Waals surface area contributed by atoms with Gasteiger partial charge >= 0.3 is 5.97 Å². The van der Waals surface area contributed by atoms with E-state index >= 15 is 0 Å². The number of aliphatic carboxylic acids is 1. The first kappa shape index (κ1) is 13.2. The molecule has 0 bridgehead atoms. The van der Waals surface area contributed by atoms with Gasteiger partial charge in [0.15, 0.2) is 6.61 Å². The molecule has 0 saturated carbocycles. The molecular formula is C12H16O3. The van der Waals surface area contributed by atoms with Gasteiger partial charge in [-0.2, -0.15) is 0 Å². The molecule has 0 spiro atoms.